The first-order valence-electron chi connectivity index (χ1n) is 8.37. The maximum atomic E-state index is 11.6. The summed E-state index contributed by atoms with van der Waals surface area (Å²) in [6.07, 6.45) is 0.630. The van der Waals surface area contributed by atoms with Crippen molar-refractivity contribution in [1.29, 1.82) is 0 Å². The molecule has 8 nitrogen and oxygen atoms in total. The lowest BCUT2D eigenvalue weighted by molar-refractivity contribution is 0.0398. The van der Waals surface area contributed by atoms with Gasteiger partial charge in [-0.05, 0) is 13.3 Å². The van der Waals surface area contributed by atoms with Crippen LogP contribution in [0.5, 0.6) is 0 Å². The van der Waals surface area contributed by atoms with E-state index in [1.165, 1.54) is 0 Å². The second-order valence-corrected chi connectivity index (χ2v) is 8.57. The van der Waals surface area contributed by atoms with Crippen LogP contribution in [0.4, 0.5) is 11.8 Å². The number of nitrogens with zero attached hydrogens (tertiary/aromatic N) is 3. The monoisotopic (exact) mass is 355 g/mol. The Balaban J connectivity index is 1.53. The maximum absolute atomic E-state index is 11.6. The zero-order valence-electron chi connectivity index (χ0n) is 14.0. The summed E-state index contributed by atoms with van der Waals surface area (Å²) in [5.41, 5.74) is 0.849. The van der Waals surface area contributed by atoms with E-state index in [-0.39, 0.29) is 17.5 Å². The zero-order valence-corrected chi connectivity index (χ0v) is 14.8. The van der Waals surface area contributed by atoms with Gasteiger partial charge in [-0.1, -0.05) is 0 Å². The highest BCUT2D eigenvalue weighted by atomic mass is 32.2. The van der Waals surface area contributed by atoms with E-state index in [4.69, 9.17) is 4.74 Å². The van der Waals surface area contributed by atoms with Crippen LogP contribution in [0, 0.1) is 6.92 Å². The van der Waals surface area contributed by atoms with Crippen LogP contribution >= 0.6 is 0 Å². The molecule has 24 heavy (non-hydrogen) atoms. The Hall–Kier alpha value is -1.45. The summed E-state index contributed by atoms with van der Waals surface area (Å²) in [5.74, 6) is 1.68. The highest BCUT2D eigenvalue weighted by Gasteiger charge is 2.28. The normalized spacial score (nSPS) is 24.0. The van der Waals surface area contributed by atoms with Crippen molar-refractivity contribution in [2.75, 3.05) is 61.5 Å². The van der Waals surface area contributed by atoms with Crippen LogP contribution in [0.2, 0.25) is 0 Å². The Bertz CT molecular complexity index is 661. The number of rotatable bonds is 6. The zero-order chi connectivity index (χ0) is 17.0. The van der Waals surface area contributed by atoms with E-state index in [1.54, 1.807) is 0 Å². The first-order chi connectivity index (χ1) is 11.5. The third kappa shape index (κ3) is 5.02. The lowest BCUT2D eigenvalue weighted by Gasteiger charge is -2.26. The molecule has 0 aliphatic carbocycles. The summed E-state index contributed by atoms with van der Waals surface area (Å²) in [6, 6.07) is 1.78. The molecule has 1 aromatic heterocycles. The smallest absolute Gasteiger partial charge is 0.224 e. The summed E-state index contributed by atoms with van der Waals surface area (Å²) >= 11 is 0. The van der Waals surface area contributed by atoms with Gasteiger partial charge in [0.15, 0.2) is 9.84 Å². The first-order valence-corrected chi connectivity index (χ1v) is 10.2. The third-order valence-corrected chi connectivity index (χ3v) is 6.02. The molecule has 3 rings (SSSR count). The molecular weight excluding hydrogens is 330 g/mol. The molecule has 134 valence electrons. The highest BCUT2D eigenvalue weighted by Crippen LogP contribution is 2.17. The molecule has 0 aromatic carbocycles. The summed E-state index contributed by atoms with van der Waals surface area (Å²) in [4.78, 5) is 11.2. The number of aromatic nitrogens is 2. The van der Waals surface area contributed by atoms with Crippen LogP contribution in [0.3, 0.4) is 0 Å². The van der Waals surface area contributed by atoms with Crippen LogP contribution in [0.1, 0.15) is 12.1 Å². The van der Waals surface area contributed by atoms with Gasteiger partial charge in [0.25, 0.3) is 0 Å². The molecule has 1 unspecified atom stereocenters. The van der Waals surface area contributed by atoms with Gasteiger partial charge in [-0.15, -0.1) is 0 Å². The van der Waals surface area contributed by atoms with Gasteiger partial charge < -0.3 is 15.4 Å². The van der Waals surface area contributed by atoms with Crippen molar-refractivity contribution in [3.05, 3.63) is 11.8 Å². The second kappa shape index (κ2) is 7.62. The highest BCUT2D eigenvalue weighted by molar-refractivity contribution is 7.91. The van der Waals surface area contributed by atoms with E-state index in [2.05, 4.69) is 25.5 Å². The van der Waals surface area contributed by atoms with Crippen LogP contribution in [0.15, 0.2) is 6.07 Å². The molecule has 0 spiro atoms. The molecule has 0 saturated carbocycles. The predicted molar refractivity (Wildman–Crippen MR) is 93.2 cm³/mol. The Morgan fingerprint density at radius 3 is 2.83 bits per heavy atom. The first kappa shape index (κ1) is 17.4. The van der Waals surface area contributed by atoms with E-state index in [0.29, 0.717) is 18.2 Å². The minimum atomic E-state index is -2.90. The Labute approximate surface area is 142 Å². The molecule has 1 aromatic rings. The van der Waals surface area contributed by atoms with Crippen molar-refractivity contribution in [1.82, 2.24) is 14.9 Å². The molecule has 2 saturated heterocycles. The molecule has 0 radical (unpaired) electrons. The molecular formula is C15H25N5O3S. The third-order valence-electron chi connectivity index (χ3n) is 4.25. The maximum Gasteiger partial charge on any atom is 0.224 e. The minimum Gasteiger partial charge on any atom is -0.379 e. The van der Waals surface area contributed by atoms with Crippen molar-refractivity contribution in [3.8, 4) is 0 Å². The number of sulfone groups is 1. The van der Waals surface area contributed by atoms with Crippen molar-refractivity contribution in [2.45, 2.75) is 19.4 Å². The van der Waals surface area contributed by atoms with Gasteiger partial charge in [0.2, 0.25) is 5.95 Å². The molecule has 9 heteroatoms. The van der Waals surface area contributed by atoms with E-state index in [0.717, 1.165) is 45.1 Å². The van der Waals surface area contributed by atoms with E-state index >= 15 is 0 Å². The van der Waals surface area contributed by atoms with Gasteiger partial charge in [0, 0.05) is 44.0 Å². The van der Waals surface area contributed by atoms with Crippen LogP contribution in [0.25, 0.3) is 0 Å². The Morgan fingerprint density at radius 2 is 2.12 bits per heavy atom. The van der Waals surface area contributed by atoms with Gasteiger partial charge in [-0.25, -0.2) is 13.4 Å². The second-order valence-electron chi connectivity index (χ2n) is 6.34. The molecule has 0 bridgehead atoms. The van der Waals surface area contributed by atoms with Crippen molar-refractivity contribution in [3.63, 3.8) is 0 Å². The minimum absolute atomic E-state index is 0.0644. The molecule has 2 aliphatic rings. The predicted octanol–water partition coefficient (Wildman–Crippen LogP) is 0.128. The summed E-state index contributed by atoms with van der Waals surface area (Å²) in [5, 5.41) is 6.47. The summed E-state index contributed by atoms with van der Waals surface area (Å²) in [7, 11) is -2.90. The number of ether oxygens (including phenoxy) is 1. The molecule has 2 fully saturated rings. The van der Waals surface area contributed by atoms with Crippen LogP contribution in [-0.2, 0) is 14.6 Å². The summed E-state index contributed by atoms with van der Waals surface area (Å²) in [6.45, 7) is 7.09. The standard InChI is InChI=1S/C15H25N5O3S/c1-12-10-14(18-13-2-9-24(21,22)11-13)19-15(17-12)16-3-4-20-5-7-23-8-6-20/h10,13H,2-9,11H2,1H3,(H2,16,17,18,19). The van der Waals surface area contributed by atoms with Crippen molar-refractivity contribution >= 4 is 21.6 Å². The number of hydrogen-bond donors (Lipinski definition) is 2. The van der Waals surface area contributed by atoms with E-state index < -0.39 is 9.84 Å². The number of nitrogens with one attached hydrogen (secondary N) is 2. The molecule has 3 heterocycles. The lowest BCUT2D eigenvalue weighted by Crippen LogP contribution is -2.39. The SMILES string of the molecule is Cc1cc(NC2CCS(=O)(=O)C2)nc(NCCN2CCOCC2)n1. The quantitative estimate of drug-likeness (QED) is 0.743. The topological polar surface area (TPSA) is 96.5 Å². The summed E-state index contributed by atoms with van der Waals surface area (Å²) < 4.78 is 28.5. The van der Waals surface area contributed by atoms with Gasteiger partial charge in [-0.3, -0.25) is 4.90 Å². The van der Waals surface area contributed by atoms with Crippen molar-refractivity contribution < 1.29 is 13.2 Å². The Morgan fingerprint density at radius 1 is 1.33 bits per heavy atom. The van der Waals surface area contributed by atoms with Crippen LogP contribution < -0.4 is 10.6 Å². The van der Waals surface area contributed by atoms with Gasteiger partial charge in [0.05, 0.1) is 24.7 Å². The fraction of sp³-hybridized carbons (Fsp3) is 0.733. The molecule has 2 aliphatic heterocycles. The Kier molecular flexibility index (Phi) is 5.52. The molecule has 0 amide bonds. The number of hydrogen-bond acceptors (Lipinski definition) is 8. The number of morpholine rings is 1. The van der Waals surface area contributed by atoms with Gasteiger partial charge in [0.1, 0.15) is 5.82 Å². The molecule has 1 atom stereocenters. The fourth-order valence-corrected chi connectivity index (χ4v) is 4.66. The van der Waals surface area contributed by atoms with Gasteiger partial charge >= 0.3 is 0 Å². The van der Waals surface area contributed by atoms with Crippen molar-refractivity contribution in [2.24, 2.45) is 0 Å². The molecule has 2 N–H and O–H groups in total. The lowest BCUT2D eigenvalue weighted by atomic mass is 10.2. The fourth-order valence-electron chi connectivity index (χ4n) is 2.99. The average molecular weight is 355 g/mol. The van der Waals surface area contributed by atoms with Gasteiger partial charge in [-0.2, -0.15) is 4.98 Å². The van der Waals surface area contributed by atoms with E-state index in [1.807, 2.05) is 13.0 Å². The number of aryl methyl sites for hydroxylation is 1. The largest absolute Gasteiger partial charge is 0.379 e. The van der Waals surface area contributed by atoms with E-state index in [9.17, 15) is 8.42 Å². The number of anilines is 2. The van der Waals surface area contributed by atoms with Crippen LogP contribution in [-0.4, -0.2) is 80.2 Å². The average Bonchev–Trinajstić information content (AvgIpc) is 2.86.